The first-order valence-electron chi connectivity index (χ1n) is 7.11. The van der Waals surface area contributed by atoms with E-state index in [1.807, 2.05) is 0 Å². The second-order valence-electron chi connectivity index (χ2n) is 4.98. The smallest absolute Gasteiger partial charge is 0.419 e. The fourth-order valence-electron chi connectivity index (χ4n) is 2.18. The molecule has 0 unspecified atom stereocenters. The van der Waals surface area contributed by atoms with E-state index in [-0.39, 0.29) is 17.4 Å². The zero-order valence-electron chi connectivity index (χ0n) is 13.8. The number of nitrogens with one attached hydrogen (secondary N) is 2. The van der Waals surface area contributed by atoms with Gasteiger partial charge in [-0.05, 0) is 12.1 Å². The molecule has 1 aromatic carbocycles. The molecule has 0 aliphatic heterocycles. The zero-order valence-corrected chi connectivity index (χ0v) is 14.5. The summed E-state index contributed by atoms with van der Waals surface area (Å²) >= 11 is 5.91. The van der Waals surface area contributed by atoms with Crippen LogP contribution in [0.2, 0.25) is 5.02 Å². The van der Waals surface area contributed by atoms with E-state index in [0.717, 1.165) is 12.3 Å². The Morgan fingerprint density at radius 1 is 1.00 bits per heavy atom. The zero-order chi connectivity index (χ0) is 18.6. The Balaban J connectivity index is 2.24. The van der Waals surface area contributed by atoms with Crippen molar-refractivity contribution in [1.82, 2.24) is 0 Å². The van der Waals surface area contributed by atoms with Crippen LogP contribution in [0.5, 0.6) is 17.2 Å². The molecule has 2 N–H and O–H groups in total. The number of halogens is 4. The van der Waals surface area contributed by atoms with E-state index < -0.39 is 11.7 Å². The molecule has 1 aromatic heterocycles. The highest BCUT2D eigenvalue weighted by Crippen LogP contribution is 2.35. The summed E-state index contributed by atoms with van der Waals surface area (Å²) in [5.74, 6) is 1.80. The Labute approximate surface area is 147 Å². The minimum Gasteiger partial charge on any atom is -0.496 e. The first kappa shape index (κ1) is 19.0. The van der Waals surface area contributed by atoms with E-state index in [1.54, 1.807) is 12.1 Å². The summed E-state index contributed by atoms with van der Waals surface area (Å²) in [6.45, 7) is 0.241. The molecule has 0 fully saturated rings. The van der Waals surface area contributed by atoms with E-state index in [2.05, 4.69) is 10.3 Å². The molecule has 0 amide bonds. The Morgan fingerprint density at radius 2 is 1.60 bits per heavy atom. The lowest BCUT2D eigenvalue weighted by Crippen LogP contribution is -2.17. The summed E-state index contributed by atoms with van der Waals surface area (Å²) in [5.41, 5.74) is -0.142. The Kier molecular flexibility index (Phi) is 5.84. The molecule has 0 atom stereocenters. The maximum Gasteiger partial charge on any atom is 0.419 e. The van der Waals surface area contributed by atoms with Gasteiger partial charge in [-0.15, -0.1) is 0 Å². The Morgan fingerprint density at radius 3 is 2.12 bits per heavy atom. The van der Waals surface area contributed by atoms with Gasteiger partial charge in [0.25, 0.3) is 5.82 Å². The lowest BCUT2D eigenvalue weighted by molar-refractivity contribution is -0.364. The maximum atomic E-state index is 12.7. The average molecular weight is 378 g/mol. The predicted octanol–water partition coefficient (Wildman–Crippen LogP) is 3.81. The number of rotatable bonds is 6. The van der Waals surface area contributed by atoms with Crippen LogP contribution < -0.4 is 24.5 Å². The lowest BCUT2D eigenvalue weighted by Gasteiger charge is -2.13. The first-order valence-corrected chi connectivity index (χ1v) is 7.49. The van der Waals surface area contributed by atoms with Crippen LogP contribution in [0.25, 0.3) is 0 Å². The van der Waals surface area contributed by atoms with Gasteiger partial charge in [-0.25, -0.2) is 4.98 Å². The number of hydrogen-bond donors (Lipinski definition) is 1. The number of pyridine rings is 1. The number of anilines is 1. The Hall–Kier alpha value is -2.35. The molecule has 136 valence electrons. The summed E-state index contributed by atoms with van der Waals surface area (Å²) < 4.78 is 53.7. The second-order valence-corrected chi connectivity index (χ2v) is 5.39. The number of benzene rings is 1. The van der Waals surface area contributed by atoms with Crippen molar-refractivity contribution >= 4 is 17.4 Å². The first-order chi connectivity index (χ1) is 11.8. The van der Waals surface area contributed by atoms with Crippen molar-refractivity contribution < 1.29 is 32.4 Å². The van der Waals surface area contributed by atoms with Crippen LogP contribution in [0.4, 0.5) is 19.0 Å². The molecule has 25 heavy (non-hydrogen) atoms. The van der Waals surface area contributed by atoms with Crippen molar-refractivity contribution in [2.75, 3.05) is 26.6 Å². The molecule has 0 bridgehead atoms. The summed E-state index contributed by atoms with van der Waals surface area (Å²) in [6.07, 6.45) is -3.62. The fourth-order valence-corrected chi connectivity index (χ4v) is 2.42. The van der Waals surface area contributed by atoms with Crippen LogP contribution in [0.3, 0.4) is 0 Å². The molecule has 9 heteroatoms. The van der Waals surface area contributed by atoms with Gasteiger partial charge in [-0.2, -0.15) is 13.2 Å². The van der Waals surface area contributed by atoms with Crippen molar-refractivity contribution in [3.63, 3.8) is 0 Å². The van der Waals surface area contributed by atoms with E-state index >= 15 is 0 Å². The van der Waals surface area contributed by atoms with Gasteiger partial charge in [-0.3, -0.25) is 5.32 Å². The van der Waals surface area contributed by atoms with Crippen LogP contribution in [0.15, 0.2) is 24.4 Å². The molecule has 5 nitrogen and oxygen atoms in total. The molecule has 0 saturated heterocycles. The van der Waals surface area contributed by atoms with E-state index in [4.69, 9.17) is 25.8 Å². The van der Waals surface area contributed by atoms with Gasteiger partial charge in [0.15, 0.2) is 11.5 Å². The van der Waals surface area contributed by atoms with Crippen LogP contribution in [-0.4, -0.2) is 21.3 Å². The van der Waals surface area contributed by atoms with E-state index in [0.29, 0.717) is 22.8 Å². The van der Waals surface area contributed by atoms with Gasteiger partial charge >= 0.3 is 6.18 Å². The summed E-state index contributed by atoms with van der Waals surface area (Å²) in [7, 11) is 4.51. The highest BCUT2D eigenvalue weighted by atomic mass is 35.5. The predicted molar refractivity (Wildman–Crippen MR) is 86.4 cm³/mol. The average Bonchev–Trinajstić information content (AvgIpc) is 2.58. The molecule has 0 aliphatic rings. The largest absolute Gasteiger partial charge is 0.496 e. The van der Waals surface area contributed by atoms with Crippen LogP contribution in [0.1, 0.15) is 11.1 Å². The molecule has 0 radical (unpaired) electrons. The minimum absolute atomic E-state index is 0.0748. The van der Waals surface area contributed by atoms with Gasteiger partial charge in [0, 0.05) is 11.6 Å². The summed E-state index contributed by atoms with van der Waals surface area (Å²) in [5, 5.41) is 2.87. The quantitative estimate of drug-likeness (QED) is 0.831. The highest BCUT2D eigenvalue weighted by molar-refractivity contribution is 6.32. The molecule has 0 saturated carbocycles. The van der Waals surface area contributed by atoms with Crippen LogP contribution in [-0.2, 0) is 12.7 Å². The molecule has 2 rings (SSSR count). The minimum atomic E-state index is -4.47. The van der Waals surface area contributed by atoms with Crippen molar-refractivity contribution in [1.29, 1.82) is 0 Å². The van der Waals surface area contributed by atoms with Crippen molar-refractivity contribution in [2.45, 2.75) is 12.7 Å². The molecule has 1 heterocycles. The Bertz CT molecular complexity index is 754. The number of H-pyrrole nitrogens is 1. The van der Waals surface area contributed by atoms with Gasteiger partial charge in [-0.1, -0.05) is 11.6 Å². The molecule has 2 aromatic rings. The summed E-state index contributed by atoms with van der Waals surface area (Å²) in [4.78, 5) is 2.51. The van der Waals surface area contributed by atoms with Crippen LogP contribution in [0, 0.1) is 0 Å². The number of methoxy groups -OCH3 is 3. The normalized spacial score (nSPS) is 11.2. The van der Waals surface area contributed by atoms with Gasteiger partial charge in [0.05, 0.1) is 26.9 Å². The lowest BCUT2D eigenvalue weighted by atomic mass is 10.1. The van der Waals surface area contributed by atoms with Crippen molar-refractivity contribution in [3.8, 4) is 17.2 Å². The van der Waals surface area contributed by atoms with Crippen molar-refractivity contribution in [2.24, 2.45) is 0 Å². The van der Waals surface area contributed by atoms with Gasteiger partial charge in [0.2, 0.25) is 0 Å². The molecular weight excluding hydrogens is 361 g/mol. The standard InChI is InChI=1S/C16H16ClF3N2O3/c1-23-12-6-14(25-3)13(24-2)4-9(12)7-21-15-11(17)5-10(8-22-15)16(18,19)20/h4-6,8H,7H2,1-3H3,(H,21,22)/p+1. The molecule has 0 spiro atoms. The number of hydrogen-bond acceptors (Lipinski definition) is 4. The number of aromatic nitrogens is 1. The summed E-state index contributed by atoms with van der Waals surface area (Å²) in [6, 6.07) is 4.22. The van der Waals surface area contributed by atoms with Crippen LogP contribution >= 0.6 is 11.6 Å². The SMILES string of the molecule is COc1cc(OC)c(OC)cc1CNc1[nH+]cc(C(F)(F)F)cc1Cl. The maximum absolute atomic E-state index is 12.7. The third-order valence-corrected chi connectivity index (χ3v) is 3.76. The molecule has 0 aliphatic carbocycles. The van der Waals surface area contributed by atoms with E-state index in [1.165, 1.54) is 21.3 Å². The number of ether oxygens (including phenoxy) is 3. The van der Waals surface area contributed by atoms with E-state index in [9.17, 15) is 13.2 Å². The third-order valence-electron chi connectivity index (χ3n) is 3.46. The highest BCUT2D eigenvalue weighted by Gasteiger charge is 2.32. The third kappa shape index (κ3) is 4.39. The fraction of sp³-hybridized carbons (Fsp3) is 0.312. The second kappa shape index (κ2) is 7.69. The number of aromatic amines is 1. The topological polar surface area (TPSA) is 53.9 Å². The van der Waals surface area contributed by atoms with Gasteiger partial charge in [0.1, 0.15) is 23.5 Å². The monoisotopic (exact) mass is 377 g/mol. The van der Waals surface area contributed by atoms with Crippen molar-refractivity contribution in [3.05, 3.63) is 40.5 Å². The van der Waals surface area contributed by atoms with Gasteiger partial charge < -0.3 is 14.2 Å². The molecular formula is C16H17ClF3N2O3+. The number of alkyl halides is 3.